The van der Waals surface area contributed by atoms with Gasteiger partial charge in [0.15, 0.2) is 5.65 Å². The fourth-order valence-corrected chi connectivity index (χ4v) is 2.75. The molecule has 0 atom stereocenters. The Morgan fingerprint density at radius 1 is 0.941 bits per heavy atom. The highest BCUT2D eigenvalue weighted by atomic mass is 14.9. The normalized spacial score (nSPS) is 15.3. The van der Waals surface area contributed by atoms with Crippen molar-refractivity contribution < 1.29 is 0 Å². The van der Waals surface area contributed by atoms with Gasteiger partial charge >= 0.3 is 0 Å². The Balaban J connectivity index is 2.11. The maximum Gasteiger partial charge on any atom is 0.157 e. The lowest BCUT2D eigenvalue weighted by Crippen LogP contribution is -2.00. The van der Waals surface area contributed by atoms with Crippen LogP contribution < -0.4 is 0 Å². The summed E-state index contributed by atoms with van der Waals surface area (Å²) in [4.78, 5) is 12.9. The molecule has 4 rings (SSSR count). The van der Waals surface area contributed by atoms with Crippen LogP contribution in [0, 0.1) is 0 Å². The van der Waals surface area contributed by atoms with Crippen LogP contribution in [0.25, 0.3) is 22.2 Å². The number of H-pyrrole nitrogens is 1. The Bertz CT molecular complexity index is 712. The van der Waals surface area contributed by atoms with E-state index >= 15 is 0 Å². The fraction of sp³-hybridized carbons (Fsp3) is 0.286. The van der Waals surface area contributed by atoms with Crippen molar-refractivity contribution in [2.75, 3.05) is 0 Å². The molecule has 0 aliphatic heterocycles. The van der Waals surface area contributed by atoms with Gasteiger partial charge in [-0.15, -0.1) is 0 Å². The molecule has 1 aliphatic rings. The highest BCUT2D eigenvalue weighted by molar-refractivity contribution is 5.87. The van der Waals surface area contributed by atoms with Crippen LogP contribution in [0.5, 0.6) is 0 Å². The Morgan fingerprint density at radius 3 is 2.59 bits per heavy atom. The molecule has 0 bridgehead atoms. The number of aromatic nitrogens is 3. The van der Waals surface area contributed by atoms with E-state index in [1.165, 1.54) is 24.1 Å². The molecule has 1 N–H and O–H groups in total. The van der Waals surface area contributed by atoms with Crippen LogP contribution in [0.3, 0.4) is 0 Å². The van der Waals surface area contributed by atoms with Crippen LogP contribution in [0.15, 0.2) is 24.3 Å². The van der Waals surface area contributed by atoms with Crippen molar-refractivity contribution in [3.05, 3.63) is 35.5 Å². The van der Waals surface area contributed by atoms with Crippen molar-refractivity contribution in [3.8, 4) is 0 Å². The smallest absolute Gasteiger partial charge is 0.157 e. The van der Waals surface area contributed by atoms with Gasteiger partial charge in [-0.05, 0) is 37.8 Å². The first-order chi connectivity index (χ1) is 8.42. The standard InChI is InChI=1S/C14H13N3/c1-2-6-10-9(5-1)13-14(16-10)17-12-8-4-3-7-11(12)15-13/h3-4,7-8H,1-2,5-6H2,(H,16,17). The molecular weight excluding hydrogens is 210 g/mol. The molecule has 0 saturated heterocycles. The summed E-state index contributed by atoms with van der Waals surface area (Å²) in [5.41, 5.74) is 6.74. The number of nitrogens with one attached hydrogen (secondary N) is 1. The second-order valence-electron chi connectivity index (χ2n) is 4.70. The van der Waals surface area contributed by atoms with Gasteiger partial charge in [0.05, 0.1) is 11.0 Å². The summed E-state index contributed by atoms with van der Waals surface area (Å²) in [6, 6.07) is 8.07. The third-order valence-electron chi connectivity index (χ3n) is 3.59. The number of rotatable bonds is 0. The predicted octanol–water partition coefficient (Wildman–Crippen LogP) is 2.99. The van der Waals surface area contributed by atoms with Crippen LogP contribution in [0.4, 0.5) is 0 Å². The number of benzene rings is 1. The van der Waals surface area contributed by atoms with E-state index in [-0.39, 0.29) is 0 Å². The predicted molar refractivity (Wildman–Crippen MR) is 68.0 cm³/mol. The van der Waals surface area contributed by atoms with E-state index in [4.69, 9.17) is 4.98 Å². The van der Waals surface area contributed by atoms with Gasteiger partial charge in [0.25, 0.3) is 0 Å². The van der Waals surface area contributed by atoms with Crippen LogP contribution >= 0.6 is 0 Å². The van der Waals surface area contributed by atoms with Gasteiger partial charge in [-0.1, -0.05) is 12.1 Å². The number of nitrogens with zero attached hydrogens (tertiary/aromatic N) is 2. The van der Waals surface area contributed by atoms with Crippen LogP contribution in [-0.4, -0.2) is 15.0 Å². The fourth-order valence-electron chi connectivity index (χ4n) is 2.75. The first-order valence-corrected chi connectivity index (χ1v) is 6.18. The maximum absolute atomic E-state index is 4.76. The number of aryl methyl sites for hydroxylation is 2. The molecule has 0 fully saturated rings. The first kappa shape index (κ1) is 9.16. The van der Waals surface area contributed by atoms with Gasteiger partial charge < -0.3 is 4.98 Å². The second-order valence-corrected chi connectivity index (χ2v) is 4.70. The van der Waals surface area contributed by atoms with Crippen molar-refractivity contribution in [3.63, 3.8) is 0 Å². The molecule has 0 unspecified atom stereocenters. The molecule has 0 saturated carbocycles. The maximum atomic E-state index is 4.76. The molecule has 0 amide bonds. The highest BCUT2D eigenvalue weighted by Gasteiger charge is 2.17. The van der Waals surface area contributed by atoms with Crippen LogP contribution in [-0.2, 0) is 12.8 Å². The van der Waals surface area contributed by atoms with Crippen molar-refractivity contribution in [2.45, 2.75) is 25.7 Å². The van der Waals surface area contributed by atoms with E-state index in [1.807, 2.05) is 24.3 Å². The number of hydrogen-bond acceptors (Lipinski definition) is 2. The molecule has 3 heteroatoms. The summed E-state index contributed by atoms with van der Waals surface area (Å²) in [5, 5.41) is 0. The van der Waals surface area contributed by atoms with Gasteiger partial charge in [0, 0.05) is 11.3 Å². The summed E-state index contributed by atoms with van der Waals surface area (Å²) < 4.78 is 0. The molecule has 0 radical (unpaired) electrons. The van der Waals surface area contributed by atoms with Gasteiger partial charge in [-0.25, -0.2) is 9.97 Å². The molecule has 17 heavy (non-hydrogen) atoms. The molecule has 1 aromatic carbocycles. The van der Waals surface area contributed by atoms with Gasteiger partial charge in [-0.2, -0.15) is 0 Å². The first-order valence-electron chi connectivity index (χ1n) is 6.18. The molecule has 0 spiro atoms. The molecule has 1 aliphatic carbocycles. The topological polar surface area (TPSA) is 41.6 Å². The Morgan fingerprint density at radius 2 is 1.71 bits per heavy atom. The average molecular weight is 223 g/mol. The van der Waals surface area contributed by atoms with Crippen LogP contribution in [0.2, 0.25) is 0 Å². The largest absolute Gasteiger partial charge is 0.342 e. The second kappa shape index (κ2) is 3.29. The summed E-state index contributed by atoms with van der Waals surface area (Å²) in [7, 11) is 0. The minimum absolute atomic E-state index is 0.954. The van der Waals surface area contributed by atoms with E-state index in [2.05, 4.69) is 9.97 Å². The molecule has 2 aromatic heterocycles. The molecular formula is C14H13N3. The minimum Gasteiger partial charge on any atom is -0.342 e. The number of para-hydroxylation sites is 2. The summed E-state index contributed by atoms with van der Waals surface area (Å²) in [5.74, 6) is 0. The van der Waals surface area contributed by atoms with Gasteiger partial charge in [-0.3, -0.25) is 0 Å². The van der Waals surface area contributed by atoms with E-state index in [0.717, 1.165) is 35.0 Å². The number of aromatic amines is 1. The molecule has 84 valence electrons. The van der Waals surface area contributed by atoms with Crippen molar-refractivity contribution in [2.24, 2.45) is 0 Å². The SMILES string of the molecule is c1ccc2nc3c4c([nH]c3nc2c1)CCCC4. The summed E-state index contributed by atoms with van der Waals surface area (Å²) >= 11 is 0. The zero-order valence-corrected chi connectivity index (χ0v) is 9.53. The van der Waals surface area contributed by atoms with E-state index in [1.54, 1.807) is 0 Å². The van der Waals surface area contributed by atoms with Crippen molar-refractivity contribution in [1.82, 2.24) is 15.0 Å². The average Bonchev–Trinajstić information content (AvgIpc) is 2.73. The van der Waals surface area contributed by atoms with Crippen LogP contribution in [0.1, 0.15) is 24.1 Å². The van der Waals surface area contributed by atoms with E-state index in [9.17, 15) is 0 Å². The highest BCUT2D eigenvalue weighted by Crippen LogP contribution is 2.28. The van der Waals surface area contributed by atoms with E-state index < -0.39 is 0 Å². The Labute approximate surface area is 98.9 Å². The molecule has 2 heterocycles. The lowest BCUT2D eigenvalue weighted by Gasteiger charge is -2.09. The van der Waals surface area contributed by atoms with Crippen molar-refractivity contribution >= 4 is 22.2 Å². The third kappa shape index (κ3) is 1.28. The third-order valence-corrected chi connectivity index (χ3v) is 3.59. The summed E-state index contributed by atoms with van der Waals surface area (Å²) in [6.07, 6.45) is 4.83. The molecule has 3 nitrogen and oxygen atoms in total. The minimum atomic E-state index is 0.954. The van der Waals surface area contributed by atoms with Crippen molar-refractivity contribution in [1.29, 1.82) is 0 Å². The number of hydrogen-bond donors (Lipinski definition) is 1. The Kier molecular flexibility index (Phi) is 1.78. The monoisotopic (exact) mass is 223 g/mol. The van der Waals surface area contributed by atoms with Gasteiger partial charge in [0.2, 0.25) is 0 Å². The Hall–Kier alpha value is -1.90. The quantitative estimate of drug-likeness (QED) is 0.636. The number of fused-ring (bicyclic) bond motifs is 4. The summed E-state index contributed by atoms with van der Waals surface area (Å²) in [6.45, 7) is 0. The zero-order valence-electron chi connectivity index (χ0n) is 9.53. The lowest BCUT2D eigenvalue weighted by atomic mass is 9.97. The lowest BCUT2D eigenvalue weighted by molar-refractivity contribution is 0.679. The van der Waals surface area contributed by atoms with Gasteiger partial charge in [0.1, 0.15) is 5.52 Å². The van der Waals surface area contributed by atoms with E-state index in [0.29, 0.717) is 0 Å². The zero-order chi connectivity index (χ0) is 11.2. The molecule has 3 aromatic rings.